The summed E-state index contributed by atoms with van der Waals surface area (Å²) < 4.78 is 5.41. The molecule has 0 bridgehead atoms. The van der Waals surface area contributed by atoms with Crippen LogP contribution in [0.3, 0.4) is 0 Å². The van der Waals surface area contributed by atoms with Crippen molar-refractivity contribution in [2.75, 3.05) is 13.2 Å². The molecule has 0 atom stereocenters. The van der Waals surface area contributed by atoms with Gasteiger partial charge in [-0.25, -0.2) is 0 Å². The molecule has 16 heavy (non-hydrogen) atoms. The minimum atomic E-state index is 0.688. The zero-order valence-corrected chi connectivity index (χ0v) is 9.62. The van der Waals surface area contributed by atoms with Crippen LogP contribution in [0.15, 0.2) is 24.3 Å². The first-order chi connectivity index (χ1) is 7.83. The van der Waals surface area contributed by atoms with Gasteiger partial charge in [0.2, 0.25) is 0 Å². The second-order valence-electron chi connectivity index (χ2n) is 4.69. The largest absolute Gasteiger partial charge is 0.381 e. The summed E-state index contributed by atoms with van der Waals surface area (Å²) in [5, 5.41) is 1.33. The van der Waals surface area contributed by atoms with Crippen LogP contribution in [0.2, 0.25) is 0 Å². The van der Waals surface area contributed by atoms with E-state index in [0.717, 1.165) is 26.1 Å². The number of aryl methyl sites for hydroxylation is 1. The molecule has 2 heterocycles. The van der Waals surface area contributed by atoms with Gasteiger partial charge < -0.3 is 9.72 Å². The predicted octanol–water partition coefficient (Wildman–Crippen LogP) is 3.37. The lowest BCUT2D eigenvalue weighted by Crippen LogP contribution is -2.13. The third kappa shape index (κ3) is 1.74. The minimum absolute atomic E-state index is 0.688. The second-order valence-corrected chi connectivity index (χ2v) is 4.69. The summed E-state index contributed by atoms with van der Waals surface area (Å²) in [5.74, 6) is 0.688. The van der Waals surface area contributed by atoms with Crippen LogP contribution in [0.5, 0.6) is 0 Å². The molecule has 0 unspecified atom stereocenters. The Bertz CT molecular complexity index is 494. The molecule has 1 aromatic carbocycles. The standard InChI is InChI=1S/C14H17NO/c1-10-8-13-9-12(2-3-14(13)15-10)11-4-6-16-7-5-11/h2-3,8-9,11,15H,4-7H2,1H3. The summed E-state index contributed by atoms with van der Waals surface area (Å²) in [6, 6.07) is 9.01. The highest BCUT2D eigenvalue weighted by molar-refractivity contribution is 5.81. The number of H-pyrrole nitrogens is 1. The zero-order valence-electron chi connectivity index (χ0n) is 9.62. The molecule has 0 radical (unpaired) electrons. The van der Waals surface area contributed by atoms with Gasteiger partial charge in [0.25, 0.3) is 0 Å². The topological polar surface area (TPSA) is 25.0 Å². The summed E-state index contributed by atoms with van der Waals surface area (Å²) in [7, 11) is 0. The summed E-state index contributed by atoms with van der Waals surface area (Å²) in [6.45, 7) is 3.93. The van der Waals surface area contributed by atoms with Crippen molar-refractivity contribution < 1.29 is 4.74 Å². The average Bonchev–Trinajstić information content (AvgIpc) is 2.69. The van der Waals surface area contributed by atoms with Crippen molar-refractivity contribution >= 4 is 10.9 Å². The van der Waals surface area contributed by atoms with Gasteiger partial charge in [-0.2, -0.15) is 0 Å². The number of hydrogen-bond donors (Lipinski definition) is 1. The van der Waals surface area contributed by atoms with Gasteiger partial charge in [0.05, 0.1) is 0 Å². The third-order valence-electron chi connectivity index (χ3n) is 3.47. The Kier molecular flexibility index (Phi) is 2.44. The quantitative estimate of drug-likeness (QED) is 0.775. The molecule has 1 aliphatic heterocycles. The van der Waals surface area contributed by atoms with Crippen molar-refractivity contribution in [3.8, 4) is 0 Å². The van der Waals surface area contributed by atoms with E-state index in [1.807, 2.05) is 0 Å². The summed E-state index contributed by atoms with van der Waals surface area (Å²) in [6.07, 6.45) is 2.32. The van der Waals surface area contributed by atoms with Crippen molar-refractivity contribution in [1.82, 2.24) is 4.98 Å². The first kappa shape index (κ1) is 9.91. The second kappa shape index (κ2) is 3.95. The average molecular weight is 215 g/mol. The van der Waals surface area contributed by atoms with E-state index >= 15 is 0 Å². The van der Waals surface area contributed by atoms with Crippen LogP contribution >= 0.6 is 0 Å². The maximum absolute atomic E-state index is 5.41. The van der Waals surface area contributed by atoms with E-state index in [2.05, 4.69) is 36.2 Å². The van der Waals surface area contributed by atoms with E-state index in [1.54, 1.807) is 0 Å². The Morgan fingerprint density at radius 3 is 2.81 bits per heavy atom. The lowest BCUT2D eigenvalue weighted by atomic mass is 9.91. The number of ether oxygens (including phenoxy) is 1. The predicted molar refractivity (Wildman–Crippen MR) is 65.8 cm³/mol. The van der Waals surface area contributed by atoms with Crippen LogP contribution in [0.4, 0.5) is 0 Å². The van der Waals surface area contributed by atoms with Gasteiger partial charge in [0.15, 0.2) is 0 Å². The fourth-order valence-electron chi connectivity index (χ4n) is 2.58. The number of hydrogen-bond acceptors (Lipinski definition) is 1. The molecule has 3 rings (SSSR count). The Labute approximate surface area is 95.6 Å². The molecule has 0 aliphatic carbocycles. The molecule has 1 N–H and O–H groups in total. The molecular weight excluding hydrogens is 198 g/mol. The molecule has 0 amide bonds. The van der Waals surface area contributed by atoms with Gasteiger partial charge in [-0.3, -0.25) is 0 Å². The minimum Gasteiger partial charge on any atom is -0.381 e. The van der Waals surface area contributed by atoms with E-state index in [0.29, 0.717) is 5.92 Å². The number of aromatic nitrogens is 1. The highest BCUT2D eigenvalue weighted by Crippen LogP contribution is 2.29. The van der Waals surface area contributed by atoms with Crippen molar-refractivity contribution in [2.24, 2.45) is 0 Å². The molecule has 0 saturated carbocycles. The van der Waals surface area contributed by atoms with Crippen molar-refractivity contribution in [2.45, 2.75) is 25.7 Å². The smallest absolute Gasteiger partial charge is 0.0471 e. The van der Waals surface area contributed by atoms with Crippen LogP contribution in [0, 0.1) is 6.92 Å². The molecule has 1 saturated heterocycles. The van der Waals surface area contributed by atoms with Crippen molar-refractivity contribution in [3.05, 3.63) is 35.5 Å². The molecule has 2 nitrogen and oxygen atoms in total. The van der Waals surface area contributed by atoms with Crippen LogP contribution < -0.4 is 0 Å². The van der Waals surface area contributed by atoms with E-state index in [-0.39, 0.29) is 0 Å². The van der Waals surface area contributed by atoms with Gasteiger partial charge in [0.1, 0.15) is 0 Å². The van der Waals surface area contributed by atoms with Gasteiger partial charge in [-0.15, -0.1) is 0 Å². The number of nitrogens with one attached hydrogen (secondary N) is 1. The molecular formula is C14H17NO. The molecule has 2 heteroatoms. The number of rotatable bonds is 1. The summed E-state index contributed by atoms with van der Waals surface area (Å²) >= 11 is 0. The zero-order chi connectivity index (χ0) is 11.0. The first-order valence-corrected chi connectivity index (χ1v) is 6.00. The maximum Gasteiger partial charge on any atom is 0.0471 e. The lowest BCUT2D eigenvalue weighted by Gasteiger charge is -2.22. The molecule has 2 aromatic rings. The van der Waals surface area contributed by atoms with Crippen LogP contribution in [0.25, 0.3) is 10.9 Å². The fourth-order valence-corrected chi connectivity index (χ4v) is 2.58. The van der Waals surface area contributed by atoms with Gasteiger partial charge >= 0.3 is 0 Å². The molecule has 84 valence electrons. The molecule has 1 aliphatic rings. The SMILES string of the molecule is Cc1cc2cc(C3CCOCC3)ccc2[nH]1. The maximum atomic E-state index is 5.41. The van der Waals surface area contributed by atoms with Gasteiger partial charge in [0, 0.05) is 24.4 Å². The van der Waals surface area contributed by atoms with Crippen LogP contribution in [-0.4, -0.2) is 18.2 Å². The summed E-state index contributed by atoms with van der Waals surface area (Å²) in [4.78, 5) is 3.36. The Morgan fingerprint density at radius 2 is 2.00 bits per heavy atom. The number of aromatic amines is 1. The Hall–Kier alpha value is -1.28. The van der Waals surface area contributed by atoms with E-state index in [4.69, 9.17) is 4.74 Å². The first-order valence-electron chi connectivity index (χ1n) is 6.00. The molecule has 1 aromatic heterocycles. The number of fused-ring (bicyclic) bond motifs is 1. The highest BCUT2D eigenvalue weighted by atomic mass is 16.5. The van der Waals surface area contributed by atoms with E-state index in [9.17, 15) is 0 Å². The van der Waals surface area contributed by atoms with Gasteiger partial charge in [-0.05, 0) is 54.8 Å². The van der Waals surface area contributed by atoms with E-state index < -0.39 is 0 Å². The normalized spacial score (nSPS) is 18.1. The monoisotopic (exact) mass is 215 g/mol. The van der Waals surface area contributed by atoms with Crippen LogP contribution in [-0.2, 0) is 4.74 Å². The van der Waals surface area contributed by atoms with Crippen LogP contribution in [0.1, 0.15) is 30.0 Å². The van der Waals surface area contributed by atoms with Crippen molar-refractivity contribution in [1.29, 1.82) is 0 Å². The molecule has 0 spiro atoms. The highest BCUT2D eigenvalue weighted by Gasteiger charge is 2.16. The lowest BCUT2D eigenvalue weighted by molar-refractivity contribution is 0.0853. The Morgan fingerprint density at radius 1 is 1.19 bits per heavy atom. The third-order valence-corrected chi connectivity index (χ3v) is 3.47. The van der Waals surface area contributed by atoms with Gasteiger partial charge in [-0.1, -0.05) is 6.07 Å². The molecule has 1 fully saturated rings. The Balaban J connectivity index is 1.97. The van der Waals surface area contributed by atoms with E-state index in [1.165, 1.54) is 22.2 Å². The number of benzene rings is 1. The fraction of sp³-hybridized carbons (Fsp3) is 0.429. The summed E-state index contributed by atoms with van der Waals surface area (Å²) in [5.41, 5.74) is 3.95. The van der Waals surface area contributed by atoms with Crippen molar-refractivity contribution in [3.63, 3.8) is 0 Å².